The fourth-order valence-corrected chi connectivity index (χ4v) is 3.77. The summed E-state index contributed by atoms with van der Waals surface area (Å²) in [6.45, 7) is 0. The van der Waals surface area contributed by atoms with Gasteiger partial charge in [-0.15, -0.1) is 5.10 Å². The first-order valence-electron chi connectivity index (χ1n) is 10.7. The average Bonchev–Trinajstić information content (AvgIpc) is 3.33. The van der Waals surface area contributed by atoms with Crippen molar-refractivity contribution in [2.45, 2.75) is 12.8 Å². The van der Waals surface area contributed by atoms with Gasteiger partial charge in [0, 0.05) is 36.2 Å². The molecule has 0 fully saturated rings. The van der Waals surface area contributed by atoms with E-state index in [9.17, 15) is 4.79 Å². The number of pyridine rings is 1. The van der Waals surface area contributed by atoms with Crippen LogP contribution in [0.15, 0.2) is 91.4 Å². The summed E-state index contributed by atoms with van der Waals surface area (Å²) < 4.78 is 1.75. The van der Waals surface area contributed by atoms with Crippen LogP contribution >= 0.6 is 0 Å². The highest BCUT2D eigenvalue weighted by molar-refractivity contribution is 5.95. The Kier molecular flexibility index (Phi) is 5.51. The molecule has 0 atom stereocenters. The summed E-state index contributed by atoms with van der Waals surface area (Å²) in [5.74, 6) is -0.134. The van der Waals surface area contributed by atoms with Crippen molar-refractivity contribution in [3.8, 4) is 16.8 Å². The van der Waals surface area contributed by atoms with Crippen LogP contribution in [0.25, 0.3) is 27.6 Å². The Labute approximate surface area is 190 Å². The monoisotopic (exact) mass is 434 g/mol. The maximum atomic E-state index is 12.6. The highest BCUT2D eigenvalue weighted by Gasteiger charge is 2.11. The first-order valence-corrected chi connectivity index (χ1v) is 10.7. The van der Waals surface area contributed by atoms with Gasteiger partial charge in [0.05, 0.1) is 29.0 Å². The number of carbonyl (C=O) groups is 1. The molecule has 7 nitrogen and oxygen atoms in total. The number of aromatic nitrogens is 4. The number of nitrogens with zero attached hydrogens (tertiary/aromatic N) is 4. The van der Waals surface area contributed by atoms with E-state index in [0.29, 0.717) is 17.8 Å². The number of anilines is 2. The molecular formula is C26H22N6O. The molecule has 0 saturated carbocycles. The Hall–Kier alpha value is -4.52. The SMILES string of the molecule is Nc1ccc(-c2cccnc2)cc1NC(=O)CCc1cn(-c2cccc3ccccc23)nn1. The van der Waals surface area contributed by atoms with Crippen LogP contribution in [0, 0.1) is 0 Å². The Bertz CT molecular complexity index is 1420. The molecule has 3 N–H and O–H groups in total. The summed E-state index contributed by atoms with van der Waals surface area (Å²) in [6.07, 6.45) is 6.10. The van der Waals surface area contributed by atoms with E-state index in [-0.39, 0.29) is 12.3 Å². The Morgan fingerprint density at radius 2 is 1.85 bits per heavy atom. The van der Waals surface area contributed by atoms with Crippen molar-refractivity contribution in [2.75, 3.05) is 11.1 Å². The second-order valence-corrected chi connectivity index (χ2v) is 7.74. The van der Waals surface area contributed by atoms with Gasteiger partial charge in [-0.25, -0.2) is 4.68 Å². The van der Waals surface area contributed by atoms with E-state index in [1.54, 1.807) is 23.1 Å². The van der Waals surface area contributed by atoms with Crippen LogP contribution in [-0.4, -0.2) is 25.9 Å². The van der Waals surface area contributed by atoms with Crippen LogP contribution in [-0.2, 0) is 11.2 Å². The van der Waals surface area contributed by atoms with Gasteiger partial charge in [-0.1, -0.05) is 53.7 Å². The van der Waals surface area contributed by atoms with Crippen LogP contribution in [0.2, 0.25) is 0 Å². The standard InChI is InChI=1S/C26H22N6O/c27-23-12-10-19(20-7-4-14-28-16-20)15-24(23)29-26(33)13-11-21-17-32(31-30-21)25-9-3-6-18-5-1-2-8-22(18)25/h1-10,12,14-17H,11,13,27H2,(H,29,33). The van der Waals surface area contributed by atoms with Gasteiger partial charge in [0.2, 0.25) is 5.91 Å². The average molecular weight is 435 g/mol. The molecule has 0 saturated heterocycles. The van der Waals surface area contributed by atoms with Gasteiger partial charge in [0.15, 0.2) is 0 Å². The molecule has 2 aromatic heterocycles. The van der Waals surface area contributed by atoms with E-state index in [1.807, 2.05) is 54.7 Å². The van der Waals surface area contributed by atoms with Crippen molar-refractivity contribution in [1.82, 2.24) is 20.0 Å². The molecule has 0 aliphatic rings. The number of hydrogen-bond donors (Lipinski definition) is 2. The summed E-state index contributed by atoms with van der Waals surface area (Å²) >= 11 is 0. The van der Waals surface area contributed by atoms with Crippen LogP contribution in [0.4, 0.5) is 11.4 Å². The highest BCUT2D eigenvalue weighted by atomic mass is 16.1. The molecule has 0 spiro atoms. The van der Waals surface area contributed by atoms with Crippen molar-refractivity contribution in [1.29, 1.82) is 0 Å². The lowest BCUT2D eigenvalue weighted by atomic mass is 10.1. The largest absolute Gasteiger partial charge is 0.397 e. The Balaban J connectivity index is 1.27. The minimum Gasteiger partial charge on any atom is -0.397 e. The number of amides is 1. The number of benzene rings is 3. The zero-order valence-corrected chi connectivity index (χ0v) is 17.8. The first-order chi connectivity index (χ1) is 16.2. The molecule has 0 aliphatic carbocycles. The Morgan fingerprint density at radius 3 is 2.73 bits per heavy atom. The minimum atomic E-state index is -0.134. The number of nitrogens with one attached hydrogen (secondary N) is 1. The highest BCUT2D eigenvalue weighted by Crippen LogP contribution is 2.27. The molecular weight excluding hydrogens is 412 g/mol. The normalized spacial score (nSPS) is 10.9. The quantitative estimate of drug-likeness (QED) is 0.380. The first kappa shape index (κ1) is 20.4. The van der Waals surface area contributed by atoms with Crippen molar-refractivity contribution in [3.05, 3.63) is 97.1 Å². The molecule has 2 heterocycles. The fraction of sp³-hybridized carbons (Fsp3) is 0.0769. The second-order valence-electron chi connectivity index (χ2n) is 7.74. The van der Waals surface area contributed by atoms with Gasteiger partial charge in [0.25, 0.3) is 0 Å². The number of nitrogen functional groups attached to an aromatic ring is 1. The van der Waals surface area contributed by atoms with E-state index >= 15 is 0 Å². The van der Waals surface area contributed by atoms with Gasteiger partial charge < -0.3 is 11.1 Å². The van der Waals surface area contributed by atoms with Crippen LogP contribution in [0.5, 0.6) is 0 Å². The lowest BCUT2D eigenvalue weighted by molar-refractivity contribution is -0.116. The molecule has 0 unspecified atom stereocenters. The number of nitrogens with two attached hydrogens (primary N) is 1. The Morgan fingerprint density at radius 1 is 0.970 bits per heavy atom. The lowest BCUT2D eigenvalue weighted by Gasteiger charge is -2.10. The van der Waals surface area contributed by atoms with Crippen LogP contribution in [0.3, 0.4) is 0 Å². The minimum absolute atomic E-state index is 0.134. The van der Waals surface area contributed by atoms with Gasteiger partial charge in [-0.05, 0) is 35.2 Å². The predicted molar refractivity (Wildman–Crippen MR) is 130 cm³/mol. The van der Waals surface area contributed by atoms with Crippen molar-refractivity contribution in [3.63, 3.8) is 0 Å². The summed E-state index contributed by atoms with van der Waals surface area (Å²) in [4.78, 5) is 16.7. The van der Waals surface area contributed by atoms with Crippen molar-refractivity contribution >= 4 is 28.1 Å². The van der Waals surface area contributed by atoms with E-state index in [4.69, 9.17) is 5.73 Å². The van der Waals surface area contributed by atoms with Gasteiger partial charge in [-0.3, -0.25) is 9.78 Å². The summed E-state index contributed by atoms with van der Waals surface area (Å²) in [6, 6.07) is 23.6. The zero-order valence-electron chi connectivity index (χ0n) is 17.8. The zero-order chi connectivity index (χ0) is 22.6. The third kappa shape index (κ3) is 4.43. The lowest BCUT2D eigenvalue weighted by Crippen LogP contribution is -2.13. The second kappa shape index (κ2) is 8.92. The number of aryl methyl sites for hydroxylation is 1. The third-order valence-corrected chi connectivity index (χ3v) is 5.48. The molecule has 0 bridgehead atoms. The van der Waals surface area contributed by atoms with Gasteiger partial charge in [-0.2, -0.15) is 0 Å². The van der Waals surface area contributed by atoms with Crippen LogP contribution in [0.1, 0.15) is 12.1 Å². The van der Waals surface area contributed by atoms with Gasteiger partial charge >= 0.3 is 0 Å². The molecule has 0 radical (unpaired) electrons. The summed E-state index contributed by atoms with van der Waals surface area (Å²) in [5, 5.41) is 13.7. The van der Waals surface area contributed by atoms with Gasteiger partial charge in [0.1, 0.15) is 0 Å². The number of rotatable bonds is 6. The molecule has 7 heteroatoms. The van der Waals surface area contributed by atoms with E-state index < -0.39 is 0 Å². The molecule has 5 aromatic rings. The summed E-state index contributed by atoms with van der Waals surface area (Å²) in [5.41, 5.74) is 10.8. The van der Waals surface area contributed by atoms with E-state index in [2.05, 4.69) is 38.8 Å². The topological polar surface area (TPSA) is 98.7 Å². The summed E-state index contributed by atoms with van der Waals surface area (Å²) in [7, 11) is 0. The predicted octanol–water partition coefficient (Wildman–Crippen LogP) is 4.64. The third-order valence-electron chi connectivity index (χ3n) is 5.48. The number of carbonyl (C=O) groups excluding carboxylic acids is 1. The maximum Gasteiger partial charge on any atom is 0.224 e. The van der Waals surface area contributed by atoms with E-state index in [1.165, 1.54) is 0 Å². The van der Waals surface area contributed by atoms with Crippen molar-refractivity contribution < 1.29 is 4.79 Å². The number of fused-ring (bicyclic) bond motifs is 1. The smallest absolute Gasteiger partial charge is 0.224 e. The number of hydrogen-bond acceptors (Lipinski definition) is 5. The fourth-order valence-electron chi connectivity index (χ4n) is 3.77. The molecule has 1 amide bonds. The molecule has 5 rings (SSSR count). The van der Waals surface area contributed by atoms with Crippen molar-refractivity contribution in [2.24, 2.45) is 0 Å². The molecule has 0 aliphatic heterocycles. The van der Waals surface area contributed by atoms with E-state index in [0.717, 1.165) is 33.3 Å². The van der Waals surface area contributed by atoms with Crippen LogP contribution < -0.4 is 11.1 Å². The molecule has 33 heavy (non-hydrogen) atoms. The maximum absolute atomic E-state index is 12.6. The molecule has 162 valence electrons. The molecule has 3 aromatic carbocycles.